The second-order valence-corrected chi connectivity index (χ2v) is 3.05. The highest BCUT2D eigenvalue weighted by molar-refractivity contribution is 4.79. The van der Waals surface area contributed by atoms with Crippen molar-refractivity contribution in [3.8, 4) is 0 Å². The van der Waals surface area contributed by atoms with E-state index in [0.29, 0.717) is 12.1 Å². The first-order chi connectivity index (χ1) is 5.38. The van der Waals surface area contributed by atoms with Crippen molar-refractivity contribution in [2.75, 3.05) is 6.61 Å². The fourth-order valence-corrected chi connectivity index (χ4v) is 1.70. The molecule has 0 aromatic rings. The van der Waals surface area contributed by atoms with E-state index in [2.05, 4.69) is 5.43 Å². The van der Waals surface area contributed by atoms with Crippen molar-refractivity contribution in [3.05, 3.63) is 0 Å². The van der Waals surface area contributed by atoms with Crippen molar-refractivity contribution in [3.63, 3.8) is 0 Å². The van der Waals surface area contributed by atoms with Crippen molar-refractivity contribution in [2.45, 2.75) is 44.8 Å². The Kier molecular flexibility index (Phi) is 3.83. The predicted octanol–water partition coefficient (Wildman–Crippen LogP) is 0.797. The molecule has 1 aliphatic rings. The van der Waals surface area contributed by atoms with E-state index in [1.807, 2.05) is 6.92 Å². The average molecular weight is 158 g/mol. The van der Waals surface area contributed by atoms with Gasteiger partial charge in [0, 0.05) is 12.6 Å². The van der Waals surface area contributed by atoms with E-state index in [9.17, 15) is 0 Å². The summed E-state index contributed by atoms with van der Waals surface area (Å²) >= 11 is 0. The highest BCUT2D eigenvalue weighted by Gasteiger charge is 2.23. The van der Waals surface area contributed by atoms with Crippen LogP contribution in [-0.4, -0.2) is 18.8 Å². The normalized spacial score (nSPS) is 32.2. The maximum absolute atomic E-state index is 5.54. The summed E-state index contributed by atoms with van der Waals surface area (Å²) in [5, 5.41) is 0. The lowest BCUT2D eigenvalue weighted by Crippen LogP contribution is -2.46. The Bertz CT molecular complexity index is 106. The van der Waals surface area contributed by atoms with Crippen molar-refractivity contribution >= 4 is 0 Å². The molecule has 1 rings (SSSR count). The van der Waals surface area contributed by atoms with Gasteiger partial charge < -0.3 is 4.74 Å². The zero-order valence-electron chi connectivity index (χ0n) is 7.18. The molecule has 0 saturated heterocycles. The SMILES string of the molecule is CCO[C@@H]1CCCC[C@H]1NN. The van der Waals surface area contributed by atoms with Gasteiger partial charge >= 0.3 is 0 Å². The maximum Gasteiger partial charge on any atom is 0.0741 e. The van der Waals surface area contributed by atoms with E-state index in [4.69, 9.17) is 10.6 Å². The summed E-state index contributed by atoms with van der Waals surface area (Å²) in [6.45, 7) is 2.82. The van der Waals surface area contributed by atoms with Crippen LogP contribution in [0.1, 0.15) is 32.6 Å². The molecular weight excluding hydrogens is 140 g/mol. The molecule has 1 fully saturated rings. The summed E-state index contributed by atoms with van der Waals surface area (Å²) in [4.78, 5) is 0. The lowest BCUT2D eigenvalue weighted by Gasteiger charge is -2.30. The van der Waals surface area contributed by atoms with Crippen LogP contribution < -0.4 is 11.3 Å². The number of hydrogen-bond donors (Lipinski definition) is 2. The van der Waals surface area contributed by atoms with Crippen LogP contribution in [0.4, 0.5) is 0 Å². The van der Waals surface area contributed by atoms with Crippen LogP contribution in [0, 0.1) is 0 Å². The Morgan fingerprint density at radius 2 is 2.18 bits per heavy atom. The van der Waals surface area contributed by atoms with Gasteiger partial charge in [0.25, 0.3) is 0 Å². The molecule has 0 spiro atoms. The molecule has 3 nitrogen and oxygen atoms in total. The van der Waals surface area contributed by atoms with Gasteiger partial charge in [-0.25, -0.2) is 0 Å². The predicted molar refractivity (Wildman–Crippen MR) is 45.0 cm³/mol. The number of ether oxygens (including phenoxy) is 1. The van der Waals surface area contributed by atoms with Gasteiger partial charge in [-0.15, -0.1) is 0 Å². The maximum atomic E-state index is 5.54. The summed E-state index contributed by atoms with van der Waals surface area (Å²) in [5.41, 5.74) is 2.81. The second kappa shape index (κ2) is 4.70. The van der Waals surface area contributed by atoms with Crippen molar-refractivity contribution in [2.24, 2.45) is 5.84 Å². The third-order valence-corrected chi connectivity index (χ3v) is 2.30. The first-order valence-electron chi connectivity index (χ1n) is 4.46. The molecule has 1 aliphatic carbocycles. The van der Waals surface area contributed by atoms with Crippen LogP contribution in [-0.2, 0) is 4.74 Å². The van der Waals surface area contributed by atoms with Crippen molar-refractivity contribution in [1.29, 1.82) is 0 Å². The fourth-order valence-electron chi connectivity index (χ4n) is 1.70. The third kappa shape index (κ3) is 2.43. The van der Waals surface area contributed by atoms with Crippen LogP contribution in [0.25, 0.3) is 0 Å². The lowest BCUT2D eigenvalue weighted by atomic mass is 9.93. The quantitative estimate of drug-likeness (QED) is 0.471. The molecule has 66 valence electrons. The molecule has 2 atom stereocenters. The molecule has 0 radical (unpaired) electrons. The largest absolute Gasteiger partial charge is 0.377 e. The first kappa shape index (κ1) is 8.97. The fraction of sp³-hybridized carbons (Fsp3) is 1.00. The van der Waals surface area contributed by atoms with E-state index in [1.54, 1.807) is 0 Å². The average Bonchev–Trinajstić information content (AvgIpc) is 2.06. The topological polar surface area (TPSA) is 47.3 Å². The Morgan fingerprint density at radius 1 is 1.45 bits per heavy atom. The molecule has 11 heavy (non-hydrogen) atoms. The van der Waals surface area contributed by atoms with Gasteiger partial charge in [-0.05, 0) is 19.8 Å². The summed E-state index contributed by atoms with van der Waals surface area (Å²) in [6.07, 6.45) is 5.21. The number of hydrazine groups is 1. The standard InChI is InChI=1S/C8H18N2O/c1-2-11-8-6-4-3-5-7(8)10-9/h7-8,10H,2-6,9H2,1H3/t7-,8-/m1/s1. The van der Waals surface area contributed by atoms with Crippen LogP contribution in [0.5, 0.6) is 0 Å². The monoisotopic (exact) mass is 158 g/mol. The highest BCUT2D eigenvalue weighted by atomic mass is 16.5. The molecule has 0 aromatic carbocycles. The van der Waals surface area contributed by atoms with E-state index < -0.39 is 0 Å². The number of nitrogens with one attached hydrogen (secondary N) is 1. The zero-order valence-corrected chi connectivity index (χ0v) is 7.18. The van der Waals surface area contributed by atoms with E-state index in [1.165, 1.54) is 12.8 Å². The second-order valence-electron chi connectivity index (χ2n) is 3.05. The summed E-state index contributed by atoms with van der Waals surface area (Å²) in [5.74, 6) is 5.39. The van der Waals surface area contributed by atoms with Gasteiger partial charge in [-0.3, -0.25) is 11.3 Å². The molecule has 3 heteroatoms. The Balaban J connectivity index is 2.31. The smallest absolute Gasteiger partial charge is 0.0741 e. The number of nitrogens with two attached hydrogens (primary N) is 1. The Morgan fingerprint density at radius 3 is 2.82 bits per heavy atom. The Labute approximate surface area is 68.3 Å². The molecule has 1 saturated carbocycles. The summed E-state index contributed by atoms with van der Waals surface area (Å²) in [7, 11) is 0. The summed E-state index contributed by atoms with van der Waals surface area (Å²) < 4.78 is 5.54. The van der Waals surface area contributed by atoms with Gasteiger partial charge in [0.15, 0.2) is 0 Å². The highest BCUT2D eigenvalue weighted by Crippen LogP contribution is 2.20. The molecule has 0 amide bonds. The molecule has 3 N–H and O–H groups in total. The molecule has 0 aliphatic heterocycles. The van der Waals surface area contributed by atoms with Gasteiger partial charge in [-0.2, -0.15) is 0 Å². The van der Waals surface area contributed by atoms with Crippen LogP contribution in [0.2, 0.25) is 0 Å². The Hall–Kier alpha value is -0.120. The molecule has 0 bridgehead atoms. The number of hydrogen-bond acceptors (Lipinski definition) is 3. The minimum absolute atomic E-state index is 0.346. The lowest BCUT2D eigenvalue weighted by molar-refractivity contribution is 0.0124. The zero-order chi connectivity index (χ0) is 8.10. The minimum Gasteiger partial charge on any atom is -0.377 e. The van der Waals surface area contributed by atoms with Gasteiger partial charge in [-0.1, -0.05) is 12.8 Å². The molecule has 0 aromatic heterocycles. The summed E-state index contributed by atoms with van der Waals surface area (Å²) in [6, 6.07) is 0.378. The van der Waals surface area contributed by atoms with Crippen LogP contribution in [0.15, 0.2) is 0 Å². The molecule has 0 unspecified atom stereocenters. The van der Waals surface area contributed by atoms with Gasteiger partial charge in [0.05, 0.1) is 6.10 Å². The van der Waals surface area contributed by atoms with E-state index in [0.717, 1.165) is 19.4 Å². The first-order valence-corrected chi connectivity index (χ1v) is 4.46. The van der Waals surface area contributed by atoms with E-state index in [-0.39, 0.29) is 0 Å². The van der Waals surface area contributed by atoms with Crippen LogP contribution in [0.3, 0.4) is 0 Å². The van der Waals surface area contributed by atoms with Gasteiger partial charge in [0.1, 0.15) is 0 Å². The van der Waals surface area contributed by atoms with Crippen LogP contribution >= 0.6 is 0 Å². The molecular formula is C8H18N2O. The van der Waals surface area contributed by atoms with E-state index >= 15 is 0 Å². The minimum atomic E-state index is 0.346. The number of rotatable bonds is 3. The van der Waals surface area contributed by atoms with Gasteiger partial charge in [0.2, 0.25) is 0 Å². The third-order valence-electron chi connectivity index (χ3n) is 2.30. The van der Waals surface area contributed by atoms with Crippen molar-refractivity contribution in [1.82, 2.24) is 5.43 Å². The van der Waals surface area contributed by atoms with Crippen molar-refractivity contribution < 1.29 is 4.74 Å². The molecule has 0 heterocycles.